The molecule has 0 saturated carbocycles. The zero-order valence-electron chi connectivity index (χ0n) is 10.1. The first-order valence-corrected chi connectivity index (χ1v) is 6.10. The first-order valence-electron chi connectivity index (χ1n) is 6.10. The van der Waals surface area contributed by atoms with E-state index in [1.807, 2.05) is 6.20 Å². The van der Waals surface area contributed by atoms with Crippen LogP contribution >= 0.6 is 0 Å². The van der Waals surface area contributed by atoms with Gasteiger partial charge in [0, 0.05) is 18.3 Å². The molecule has 0 aromatic carbocycles. The van der Waals surface area contributed by atoms with Crippen molar-refractivity contribution in [1.29, 1.82) is 0 Å². The Hall–Kier alpha value is -1.09. The summed E-state index contributed by atoms with van der Waals surface area (Å²) in [4.78, 5) is 6.75. The van der Waals surface area contributed by atoms with Crippen LogP contribution < -0.4 is 4.90 Å². The van der Waals surface area contributed by atoms with Crippen LogP contribution in [0.15, 0.2) is 18.3 Å². The maximum absolute atomic E-state index is 9.58. The molecule has 0 bridgehead atoms. The summed E-state index contributed by atoms with van der Waals surface area (Å²) in [5.74, 6) is 0. The van der Waals surface area contributed by atoms with Gasteiger partial charge in [-0.2, -0.15) is 0 Å². The number of hydrogen-bond donors (Lipinski definition) is 1. The number of aliphatic hydroxyl groups excluding tert-OH is 1. The molecule has 2 unspecified atom stereocenters. The maximum Gasteiger partial charge on any atom is 0.0576 e. The third-order valence-electron chi connectivity index (χ3n) is 3.35. The van der Waals surface area contributed by atoms with Gasteiger partial charge >= 0.3 is 0 Å². The molecule has 2 heterocycles. The summed E-state index contributed by atoms with van der Waals surface area (Å²) >= 11 is 0. The lowest BCUT2D eigenvalue weighted by Gasteiger charge is -2.37. The van der Waals surface area contributed by atoms with E-state index < -0.39 is 0 Å². The van der Waals surface area contributed by atoms with Gasteiger partial charge in [0.15, 0.2) is 0 Å². The van der Waals surface area contributed by atoms with Gasteiger partial charge in [0.25, 0.3) is 0 Å². The molecule has 1 aliphatic rings. The summed E-state index contributed by atoms with van der Waals surface area (Å²) in [6, 6.07) is 4.63. The second kappa shape index (κ2) is 4.83. The summed E-state index contributed by atoms with van der Waals surface area (Å²) in [6.45, 7) is 5.20. The monoisotopic (exact) mass is 220 g/mol. The Morgan fingerprint density at radius 1 is 1.50 bits per heavy atom. The number of pyridine rings is 1. The highest BCUT2D eigenvalue weighted by Gasteiger charge is 2.24. The topological polar surface area (TPSA) is 36.4 Å². The molecule has 0 radical (unpaired) electrons. The lowest BCUT2D eigenvalue weighted by atomic mass is 10.0. The van der Waals surface area contributed by atoms with E-state index in [4.69, 9.17) is 0 Å². The normalized spacial score (nSPS) is 25.8. The Bertz CT molecular complexity index is 336. The number of piperidine rings is 1. The van der Waals surface area contributed by atoms with Gasteiger partial charge in [-0.15, -0.1) is 0 Å². The maximum atomic E-state index is 9.58. The lowest BCUT2D eigenvalue weighted by molar-refractivity contribution is 0.131. The van der Waals surface area contributed by atoms with Crippen molar-refractivity contribution in [2.45, 2.75) is 45.3 Å². The quantitative estimate of drug-likeness (QED) is 0.828. The molecule has 1 fully saturated rings. The van der Waals surface area contributed by atoms with E-state index in [1.165, 1.54) is 5.69 Å². The molecule has 1 N–H and O–H groups in total. The van der Waals surface area contributed by atoms with Gasteiger partial charge in [0.05, 0.1) is 18.0 Å². The van der Waals surface area contributed by atoms with Crippen molar-refractivity contribution >= 4 is 5.69 Å². The van der Waals surface area contributed by atoms with Crippen LogP contribution in [0.3, 0.4) is 0 Å². The molecular formula is C13H20N2O. The van der Waals surface area contributed by atoms with Crippen molar-refractivity contribution in [3.05, 3.63) is 24.0 Å². The number of aliphatic hydroxyl groups is 1. The summed E-state index contributed by atoms with van der Waals surface area (Å²) in [5.41, 5.74) is 2.31. The van der Waals surface area contributed by atoms with Crippen LogP contribution in [0.4, 0.5) is 5.69 Å². The van der Waals surface area contributed by atoms with E-state index in [0.717, 1.165) is 31.5 Å². The van der Waals surface area contributed by atoms with Crippen molar-refractivity contribution < 1.29 is 5.11 Å². The van der Waals surface area contributed by atoms with E-state index in [9.17, 15) is 5.11 Å². The van der Waals surface area contributed by atoms with Gasteiger partial charge in [-0.3, -0.25) is 4.98 Å². The third-order valence-corrected chi connectivity index (χ3v) is 3.35. The standard InChI is InChI=1S/C13H20N2O/c1-3-11-4-5-12(9-14-11)15-7-6-13(16)8-10(15)2/h4-5,9-10,13,16H,3,6-8H2,1-2H3. The van der Waals surface area contributed by atoms with Gasteiger partial charge in [-0.1, -0.05) is 6.92 Å². The second-order valence-corrected chi connectivity index (χ2v) is 4.58. The molecule has 1 aliphatic heterocycles. The first-order chi connectivity index (χ1) is 7.70. The van der Waals surface area contributed by atoms with Gasteiger partial charge in [0.1, 0.15) is 0 Å². The number of nitrogens with zero attached hydrogens (tertiary/aromatic N) is 2. The number of hydrogen-bond acceptors (Lipinski definition) is 3. The smallest absolute Gasteiger partial charge is 0.0576 e. The molecule has 2 atom stereocenters. The lowest BCUT2D eigenvalue weighted by Crippen LogP contribution is -2.42. The molecule has 3 heteroatoms. The fourth-order valence-corrected chi connectivity index (χ4v) is 2.33. The Balaban J connectivity index is 2.11. The third kappa shape index (κ3) is 2.35. The number of anilines is 1. The molecule has 0 spiro atoms. The molecule has 16 heavy (non-hydrogen) atoms. The fourth-order valence-electron chi connectivity index (χ4n) is 2.33. The Morgan fingerprint density at radius 3 is 2.88 bits per heavy atom. The Kier molecular flexibility index (Phi) is 3.44. The second-order valence-electron chi connectivity index (χ2n) is 4.58. The SMILES string of the molecule is CCc1ccc(N2CCC(O)CC2C)cn1. The Labute approximate surface area is 97.1 Å². The molecule has 1 aromatic heterocycles. The van der Waals surface area contributed by atoms with Crippen LogP contribution in [0.1, 0.15) is 32.4 Å². The zero-order chi connectivity index (χ0) is 11.5. The van der Waals surface area contributed by atoms with Gasteiger partial charge in [-0.25, -0.2) is 0 Å². The van der Waals surface area contributed by atoms with E-state index in [1.54, 1.807) is 0 Å². The van der Waals surface area contributed by atoms with Crippen LogP contribution in [-0.4, -0.2) is 28.8 Å². The van der Waals surface area contributed by atoms with Crippen LogP contribution in [0.25, 0.3) is 0 Å². The van der Waals surface area contributed by atoms with Crippen LogP contribution in [0.5, 0.6) is 0 Å². The van der Waals surface area contributed by atoms with Crippen molar-refractivity contribution in [3.8, 4) is 0 Å². The van der Waals surface area contributed by atoms with Crippen molar-refractivity contribution in [2.75, 3.05) is 11.4 Å². The van der Waals surface area contributed by atoms with Crippen LogP contribution in [0, 0.1) is 0 Å². The fraction of sp³-hybridized carbons (Fsp3) is 0.615. The minimum atomic E-state index is -0.130. The minimum absolute atomic E-state index is 0.130. The van der Waals surface area contributed by atoms with Crippen molar-refractivity contribution in [1.82, 2.24) is 4.98 Å². The van der Waals surface area contributed by atoms with Crippen molar-refractivity contribution in [2.24, 2.45) is 0 Å². The Morgan fingerprint density at radius 2 is 2.31 bits per heavy atom. The first kappa shape index (κ1) is 11.4. The summed E-state index contributed by atoms with van der Waals surface area (Å²) < 4.78 is 0. The highest BCUT2D eigenvalue weighted by Crippen LogP contribution is 2.24. The van der Waals surface area contributed by atoms with Gasteiger partial charge < -0.3 is 10.0 Å². The highest BCUT2D eigenvalue weighted by atomic mass is 16.3. The van der Waals surface area contributed by atoms with Crippen molar-refractivity contribution in [3.63, 3.8) is 0 Å². The predicted octanol–water partition coefficient (Wildman–Crippen LogP) is 1.99. The number of aromatic nitrogens is 1. The van der Waals surface area contributed by atoms with Crippen LogP contribution in [-0.2, 0) is 6.42 Å². The van der Waals surface area contributed by atoms with Gasteiger partial charge in [0.2, 0.25) is 0 Å². The van der Waals surface area contributed by atoms with E-state index in [2.05, 4.69) is 35.9 Å². The predicted molar refractivity (Wildman–Crippen MR) is 65.7 cm³/mol. The molecule has 0 aliphatic carbocycles. The highest BCUT2D eigenvalue weighted by molar-refractivity contribution is 5.46. The van der Waals surface area contributed by atoms with Gasteiger partial charge in [-0.05, 0) is 38.3 Å². The zero-order valence-corrected chi connectivity index (χ0v) is 10.1. The summed E-state index contributed by atoms with van der Waals surface area (Å²) in [6.07, 6.45) is 4.52. The van der Waals surface area contributed by atoms with E-state index in [-0.39, 0.29) is 6.10 Å². The largest absolute Gasteiger partial charge is 0.393 e. The molecule has 3 nitrogen and oxygen atoms in total. The average molecular weight is 220 g/mol. The summed E-state index contributed by atoms with van der Waals surface area (Å²) in [5, 5.41) is 9.58. The average Bonchev–Trinajstić information content (AvgIpc) is 2.29. The molecule has 1 aromatic rings. The molecular weight excluding hydrogens is 200 g/mol. The minimum Gasteiger partial charge on any atom is -0.393 e. The van der Waals surface area contributed by atoms with Crippen LogP contribution in [0.2, 0.25) is 0 Å². The number of rotatable bonds is 2. The number of aryl methyl sites for hydroxylation is 1. The van der Waals surface area contributed by atoms with E-state index in [0.29, 0.717) is 6.04 Å². The molecule has 0 amide bonds. The molecule has 2 rings (SSSR count). The van der Waals surface area contributed by atoms with E-state index >= 15 is 0 Å². The molecule has 88 valence electrons. The summed E-state index contributed by atoms with van der Waals surface area (Å²) in [7, 11) is 0. The molecule has 1 saturated heterocycles.